The zero-order chi connectivity index (χ0) is 23.2. The molecule has 0 saturated heterocycles. The predicted molar refractivity (Wildman–Crippen MR) is 130 cm³/mol. The van der Waals surface area contributed by atoms with Gasteiger partial charge in [-0.3, -0.25) is 4.79 Å². The van der Waals surface area contributed by atoms with Crippen molar-refractivity contribution >= 4 is 28.2 Å². The average molecular weight is 446 g/mol. The molecule has 0 radical (unpaired) electrons. The number of anilines is 2. The highest BCUT2D eigenvalue weighted by Gasteiger charge is 2.16. The van der Waals surface area contributed by atoms with Crippen LogP contribution in [0.5, 0.6) is 17.2 Å². The van der Waals surface area contributed by atoms with Crippen molar-refractivity contribution in [2.75, 3.05) is 33.2 Å². The molecular weight excluding hydrogens is 418 g/mol. The van der Waals surface area contributed by atoms with E-state index in [1.165, 1.54) is 10.9 Å². The first-order valence-corrected chi connectivity index (χ1v) is 10.6. The summed E-state index contributed by atoms with van der Waals surface area (Å²) in [6, 6.07) is 19.1. The summed E-state index contributed by atoms with van der Waals surface area (Å²) in [6.07, 6.45) is 2.73. The van der Waals surface area contributed by atoms with Gasteiger partial charge in [-0.1, -0.05) is 30.3 Å². The Hall–Kier alpha value is -4.13. The highest BCUT2D eigenvalue weighted by molar-refractivity contribution is 6.00. The number of hydrogen-bond donors (Lipinski definition) is 3. The lowest BCUT2D eigenvalue weighted by Gasteiger charge is -2.16. The Balaban J connectivity index is 1.48. The van der Waals surface area contributed by atoms with E-state index in [4.69, 9.17) is 14.2 Å². The number of rotatable bonds is 9. The molecule has 0 unspecified atom stereocenters. The number of benzene rings is 3. The lowest BCUT2D eigenvalue weighted by molar-refractivity contribution is 0.0955. The molecule has 0 saturated carbocycles. The van der Waals surface area contributed by atoms with E-state index in [1.807, 2.05) is 42.6 Å². The Labute approximate surface area is 192 Å². The van der Waals surface area contributed by atoms with Crippen LogP contribution in [0.3, 0.4) is 0 Å². The molecule has 170 valence electrons. The fourth-order valence-electron chi connectivity index (χ4n) is 3.84. The maximum Gasteiger partial charge on any atom is 0.253 e. The Morgan fingerprint density at radius 3 is 2.33 bits per heavy atom. The number of methoxy groups -OCH3 is 3. The van der Waals surface area contributed by atoms with E-state index in [-0.39, 0.29) is 5.91 Å². The largest absolute Gasteiger partial charge is 0.493 e. The predicted octanol–water partition coefficient (Wildman–Crippen LogP) is 4.91. The van der Waals surface area contributed by atoms with E-state index in [0.29, 0.717) is 40.7 Å². The van der Waals surface area contributed by atoms with Gasteiger partial charge in [0.15, 0.2) is 11.5 Å². The van der Waals surface area contributed by atoms with Gasteiger partial charge in [0.05, 0.1) is 32.6 Å². The summed E-state index contributed by atoms with van der Waals surface area (Å²) < 4.78 is 16.2. The average Bonchev–Trinajstić information content (AvgIpc) is 3.26. The normalized spacial score (nSPS) is 10.6. The number of hydrogen-bond acceptors (Lipinski definition) is 5. The highest BCUT2D eigenvalue weighted by atomic mass is 16.5. The van der Waals surface area contributed by atoms with Crippen LogP contribution in [0, 0.1) is 0 Å². The lowest BCUT2D eigenvalue weighted by Crippen LogP contribution is -2.26. The van der Waals surface area contributed by atoms with Crippen molar-refractivity contribution in [3.63, 3.8) is 0 Å². The van der Waals surface area contributed by atoms with Gasteiger partial charge in [-0.25, -0.2) is 0 Å². The molecule has 0 aliphatic rings. The maximum absolute atomic E-state index is 13.0. The Morgan fingerprint density at radius 2 is 1.61 bits per heavy atom. The summed E-state index contributed by atoms with van der Waals surface area (Å²) in [5, 5.41) is 7.51. The highest BCUT2D eigenvalue weighted by Crippen LogP contribution is 2.40. The van der Waals surface area contributed by atoms with E-state index in [0.717, 1.165) is 11.9 Å². The molecule has 4 rings (SSSR count). The minimum atomic E-state index is -0.148. The molecule has 1 amide bonds. The van der Waals surface area contributed by atoms with Gasteiger partial charge in [0, 0.05) is 41.5 Å². The van der Waals surface area contributed by atoms with Crippen LogP contribution in [0.1, 0.15) is 15.9 Å². The topological polar surface area (TPSA) is 84.6 Å². The summed E-state index contributed by atoms with van der Waals surface area (Å²) in [5.41, 5.74) is 4.21. The van der Waals surface area contributed by atoms with Crippen LogP contribution in [0.25, 0.3) is 10.9 Å². The molecule has 0 bridgehead atoms. The van der Waals surface area contributed by atoms with Crippen LogP contribution in [-0.2, 0) is 6.42 Å². The second-order valence-electron chi connectivity index (χ2n) is 7.45. The van der Waals surface area contributed by atoms with Crippen LogP contribution < -0.4 is 24.8 Å². The number of amides is 1. The third-order valence-electron chi connectivity index (χ3n) is 5.47. The molecule has 3 N–H and O–H groups in total. The molecule has 7 nitrogen and oxygen atoms in total. The van der Waals surface area contributed by atoms with Gasteiger partial charge in [-0.05, 0) is 30.2 Å². The molecule has 4 aromatic rings. The van der Waals surface area contributed by atoms with E-state index in [2.05, 4.69) is 21.7 Å². The van der Waals surface area contributed by atoms with Crippen molar-refractivity contribution < 1.29 is 19.0 Å². The fourth-order valence-corrected chi connectivity index (χ4v) is 3.84. The monoisotopic (exact) mass is 445 g/mol. The quantitative estimate of drug-likeness (QED) is 0.341. The summed E-state index contributed by atoms with van der Waals surface area (Å²) >= 11 is 0. The van der Waals surface area contributed by atoms with Gasteiger partial charge in [0.25, 0.3) is 5.91 Å². The number of H-pyrrole nitrogens is 1. The SMILES string of the molecule is COc1cc(Nc2ccccc2C(=O)NCCc2c[nH]c3ccccc23)cc(OC)c1OC. The van der Waals surface area contributed by atoms with Crippen LogP contribution in [0.2, 0.25) is 0 Å². The zero-order valence-electron chi connectivity index (χ0n) is 18.9. The summed E-state index contributed by atoms with van der Waals surface area (Å²) in [7, 11) is 4.69. The van der Waals surface area contributed by atoms with Crippen molar-refractivity contribution in [3.05, 3.63) is 78.0 Å². The first-order chi connectivity index (χ1) is 16.1. The third-order valence-corrected chi connectivity index (χ3v) is 5.47. The molecule has 0 fully saturated rings. The summed E-state index contributed by atoms with van der Waals surface area (Å²) in [6.45, 7) is 0.527. The second-order valence-corrected chi connectivity index (χ2v) is 7.45. The first kappa shape index (κ1) is 22.1. The first-order valence-electron chi connectivity index (χ1n) is 10.6. The molecule has 1 heterocycles. The lowest BCUT2D eigenvalue weighted by atomic mass is 10.1. The summed E-state index contributed by atoms with van der Waals surface area (Å²) in [5.74, 6) is 1.42. The van der Waals surface area contributed by atoms with E-state index < -0.39 is 0 Å². The van der Waals surface area contributed by atoms with Crippen LogP contribution in [-0.4, -0.2) is 38.8 Å². The number of para-hydroxylation sites is 2. The smallest absolute Gasteiger partial charge is 0.253 e. The van der Waals surface area contributed by atoms with Crippen molar-refractivity contribution in [2.24, 2.45) is 0 Å². The van der Waals surface area contributed by atoms with Crippen molar-refractivity contribution in [1.82, 2.24) is 10.3 Å². The molecule has 0 atom stereocenters. The zero-order valence-corrected chi connectivity index (χ0v) is 18.9. The van der Waals surface area contributed by atoms with Crippen molar-refractivity contribution in [3.8, 4) is 17.2 Å². The third kappa shape index (κ3) is 4.72. The molecule has 33 heavy (non-hydrogen) atoms. The fraction of sp³-hybridized carbons (Fsp3) is 0.192. The molecule has 3 aromatic carbocycles. The Bertz CT molecular complexity index is 1240. The van der Waals surface area contributed by atoms with Gasteiger partial charge in [0.1, 0.15) is 0 Å². The number of aromatic amines is 1. The standard InChI is InChI=1S/C26H27N3O4/c1-31-23-14-18(15-24(32-2)25(23)33-3)29-22-11-7-5-9-20(22)26(30)27-13-12-17-16-28-21-10-6-4-8-19(17)21/h4-11,14-16,28-29H,12-13H2,1-3H3,(H,27,30). The number of aromatic nitrogens is 1. The molecule has 1 aromatic heterocycles. The Morgan fingerprint density at radius 1 is 0.909 bits per heavy atom. The number of ether oxygens (including phenoxy) is 3. The number of fused-ring (bicyclic) bond motifs is 1. The number of nitrogens with one attached hydrogen (secondary N) is 3. The number of carbonyl (C=O) groups is 1. The van der Waals surface area contributed by atoms with Gasteiger partial charge in [0.2, 0.25) is 5.75 Å². The van der Waals surface area contributed by atoms with Gasteiger partial charge >= 0.3 is 0 Å². The van der Waals surface area contributed by atoms with Crippen LogP contribution in [0.4, 0.5) is 11.4 Å². The molecule has 0 aliphatic heterocycles. The summed E-state index contributed by atoms with van der Waals surface area (Å²) in [4.78, 5) is 16.2. The number of carbonyl (C=O) groups excluding carboxylic acids is 1. The van der Waals surface area contributed by atoms with Crippen LogP contribution >= 0.6 is 0 Å². The van der Waals surface area contributed by atoms with E-state index in [1.54, 1.807) is 39.5 Å². The van der Waals surface area contributed by atoms with Crippen LogP contribution in [0.15, 0.2) is 66.9 Å². The molecule has 0 aliphatic carbocycles. The molecule has 7 heteroatoms. The van der Waals surface area contributed by atoms with Crippen molar-refractivity contribution in [1.29, 1.82) is 0 Å². The molecular formula is C26H27N3O4. The second kappa shape index (κ2) is 9.99. The van der Waals surface area contributed by atoms with Gasteiger partial charge in [-0.2, -0.15) is 0 Å². The van der Waals surface area contributed by atoms with E-state index >= 15 is 0 Å². The van der Waals surface area contributed by atoms with Gasteiger partial charge < -0.3 is 29.8 Å². The maximum atomic E-state index is 13.0. The minimum absolute atomic E-state index is 0.148. The molecule has 0 spiro atoms. The van der Waals surface area contributed by atoms with Gasteiger partial charge in [-0.15, -0.1) is 0 Å². The Kier molecular flexibility index (Phi) is 6.69. The van der Waals surface area contributed by atoms with Crippen molar-refractivity contribution in [2.45, 2.75) is 6.42 Å². The minimum Gasteiger partial charge on any atom is -0.493 e. The van der Waals surface area contributed by atoms with E-state index in [9.17, 15) is 4.79 Å².